The number of urea groups is 1. The Balaban J connectivity index is 1.09. The summed E-state index contributed by atoms with van der Waals surface area (Å²) in [5.74, 6) is -6.58. The van der Waals surface area contributed by atoms with Gasteiger partial charge in [-0.15, -0.1) is 0 Å². The molecule has 28 heteroatoms. The van der Waals surface area contributed by atoms with E-state index in [0.717, 1.165) is 16.0 Å². The Morgan fingerprint density at radius 1 is 0.657 bits per heavy atom. The number of carbonyl (C=O) groups excluding carboxylic acids is 11. The third-order valence-electron chi connectivity index (χ3n) is 19.6. The normalized spacial score (nSPS) is 16.4. The Hall–Kier alpha value is -9.28. The van der Waals surface area contributed by atoms with Gasteiger partial charge in [-0.1, -0.05) is 130 Å². The second-order valence-corrected chi connectivity index (χ2v) is 28.4. The molecule has 2 aliphatic heterocycles. The fourth-order valence-electron chi connectivity index (χ4n) is 13.2. The number of amides is 12. The van der Waals surface area contributed by atoms with Crippen molar-refractivity contribution in [1.29, 1.82) is 0 Å². The van der Waals surface area contributed by atoms with Crippen molar-refractivity contribution in [2.24, 2.45) is 35.3 Å². The first-order valence-electron chi connectivity index (χ1n) is 36.7. The molecule has 10 N–H and O–H groups in total. The molecule has 3 aromatic rings. The Morgan fingerprint density at radius 2 is 1.28 bits per heavy atom. The number of carbonyl (C=O) groups is 12. The molecule has 2 heterocycles. The van der Waals surface area contributed by atoms with Crippen molar-refractivity contribution < 1.29 is 76.9 Å². The van der Waals surface area contributed by atoms with Crippen LogP contribution in [0.5, 0.6) is 0 Å². The Bertz CT molecular complexity index is 3390. The lowest BCUT2D eigenvalue weighted by molar-refractivity contribution is -0.148. The second kappa shape index (κ2) is 43.2. The van der Waals surface area contributed by atoms with Crippen molar-refractivity contribution >= 4 is 82.6 Å². The maximum Gasteiger partial charge on any atom is 0.414 e. The van der Waals surface area contributed by atoms with E-state index in [-0.39, 0.29) is 111 Å². The summed E-state index contributed by atoms with van der Waals surface area (Å²) in [5, 5.41) is 30.0. The largest absolute Gasteiger partial charge is 0.480 e. The smallest absolute Gasteiger partial charge is 0.414 e. The summed E-state index contributed by atoms with van der Waals surface area (Å²) in [6.45, 7) is 18.0. The van der Waals surface area contributed by atoms with Crippen molar-refractivity contribution in [2.75, 3.05) is 64.7 Å². The van der Waals surface area contributed by atoms with E-state index < -0.39 is 96.2 Å². The summed E-state index contributed by atoms with van der Waals surface area (Å²) < 4.78 is 17.7. The molecule has 28 nitrogen and oxygen atoms in total. The number of hydrogen-bond donors (Lipinski definition) is 9. The van der Waals surface area contributed by atoms with Gasteiger partial charge in [0.25, 0.3) is 11.8 Å². The minimum Gasteiger partial charge on any atom is -0.480 e. The molecule has 1 fully saturated rings. The van der Waals surface area contributed by atoms with Crippen LogP contribution in [0, 0.1) is 29.6 Å². The predicted molar refractivity (Wildman–Crippen MR) is 398 cm³/mol. The zero-order valence-electron chi connectivity index (χ0n) is 63.4. The molecule has 12 amide bonds. The van der Waals surface area contributed by atoms with Crippen LogP contribution in [0.3, 0.4) is 0 Å². The van der Waals surface area contributed by atoms with Crippen LogP contribution in [0.1, 0.15) is 150 Å². The maximum absolute atomic E-state index is 14.8. The fourth-order valence-corrected chi connectivity index (χ4v) is 13.2. The molecule has 2 aliphatic rings. The molecule has 0 spiro atoms. The summed E-state index contributed by atoms with van der Waals surface area (Å²) in [6.07, 6.45) is 5.54. The highest BCUT2D eigenvalue weighted by molar-refractivity contribution is 6.12. The van der Waals surface area contributed by atoms with Gasteiger partial charge in [0.15, 0.2) is 0 Å². The van der Waals surface area contributed by atoms with Crippen molar-refractivity contribution in [1.82, 2.24) is 46.6 Å². The highest BCUT2D eigenvalue weighted by Gasteiger charge is 2.44. The quantitative estimate of drug-likeness (QED) is 0.0219. The van der Waals surface area contributed by atoms with E-state index in [1.54, 1.807) is 93.2 Å². The van der Waals surface area contributed by atoms with Crippen molar-refractivity contribution in [3.8, 4) is 0 Å². The number of likely N-dealkylation sites (N-methyl/N-ethyl adjacent to an activating group) is 1. The molecular formula is C77H114N12O16. The first kappa shape index (κ1) is 86.4. The Morgan fingerprint density at radius 3 is 1.87 bits per heavy atom. The number of carboxylic acids is 1. The zero-order valence-corrected chi connectivity index (χ0v) is 63.4. The Labute approximate surface area is 618 Å². The van der Waals surface area contributed by atoms with E-state index in [0.29, 0.717) is 81.4 Å². The highest BCUT2D eigenvalue weighted by atomic mass is 16.6. The van der Waals surface area contributed by atoms with Crippen LogP contribution in [0.4, 0.5) is 21.0 Å². The van der Waals surface area contributed by atoms with Gasteiger partial charge in [0.2, 0.25) is 41.4 Å². The van der Waals surface area contributed by atoms with E-state index in [4.69, 9.17) is 19.9 Å². The van der Waals surface area contributed by atoms with Gasteiger partial charge in [-0.2, -0.15) is 0 Å². The van der Waals surface area contributed by atoms with Crippen molar-refractivity contribution in [3.05, 3.63) is 108 Å². The predicted octanol–water partition coefficient (Wildman–Crippen LogP) is 6.38. The van der Waals surface area contributed by atoms with Gasteiger partial charge in [-0.3, -0.25) is 53.0 Å². The molecule has 578 valence electrons. The first-order valence-corrected chi connectivity index (χ1v) is 36.7. The third kappa shape index (κ3) is 26.7. The van der Waals surface area contributed by atoms with Crippen LogP contribution < -0.4 is 47.9 Å². The average Bonchev–Trinajstić information content (AvgIpc) is 1.78. The summed E-state index contributed by atoms with van der Waals surface area (Å²) in [5.41, 5.74) is 8.58. The van der Waals surface area contributed by atoms with Gasteiger partial charge < -0.3 is 72.1 Å². The minimum atomic E-state index is -1.17. The van der Waals surface area contributed by atoms with Gasteiger partial charge >= 0.3 is 18.1 Å². The SMILES string of the molecule is CC[C@H](C)[C@@H]([C@@H](CC(=O)N1CCC[C@H]1[C@H](OC)[C@@H](C)C(=O)N[C@@H](Cc1ccccc1)C(=O)O)OC)N(C)C(=O)[C@@H](NC(=O)[C@@H](NCCCc1ccc(N(C)C(=O)OCc2ccc(NC(=O)[C@H](CCCNC(N)=O)NC(=O)[C@@H](NC(=O)CCCCCN3C(=O)C=CC3=O)C(C)C)cc2)cc1)C(C)C)C(C)C. The number of aliphatic carboxylic acids is 1. The van der Waals surface area contributed by atoms with E-state index in [1.165, 1.54) is 31.3 Å². The molecule has 0 unspecified atom stereocenters. The number of hydrogen-bond acceptors (Lipinski definition) is 16. The fraction of sp³-hybridized carbons (Fsp3) is 0.584. The molecule has 105 heavy (non-hydrogen) atoms. The molecule has 0 saturated carbocycles. The lowest BCUT2D eigenvalue weighted by atomic mass is 9.89. The standard InChI is InChI=1S/C77H114N12O16/c1-14-50(8)68(60(103-12)45-64(93)88-43-23-28-59(88)69(104-13)51(9)70(94)83-58(75(99)100)44-53-24-17-15-18-25-53)87(11)74(98)67(49(6)7)85-72(96)65(47(2)3)79-40-21-26-52-32-36-56(37-33-52)86(10)77(102)105-46-54-30-34-55(35-31-54)81-71(95)57(27-22-41-80-76(78)101)82-73(97)66(48(4)5)84-61(90)29-19-16-20-42-89-62(91)38-39-63(89)92/h15,17-18,24-25,30-39,47-51,57-60,65-69,79H,14,16,19-23,26-29,40-46H2,1-13H3,(H,81,95)(H,82,97)(H,83,94)(H,84,90)(H,85,96)(H,99,100)(H3,78,80,101)/t50-,51+,57-,58-,59-,60+,65-,66-,67-,68-,69+/m0/s1. The number of nitrogens with one attached hydrogen (secondary N) is 7. The number of aryl methyl sites for hydroxylation is 1. The van der Waals surface area contributed by atoms with Crippen LogP contribution in [0.25, 0.3) is 0 Å². The van der Waals surface area contributed by atoms with Crippen LogP contribution in [-0.2, 0) is 81.6 Å². The van der Waals surface area contributed by atoms with Gasteiger partial charge in [-0.05, 0) is 123 Å². The first-order chi connectivity index (χ1) is 49.9. The van der Waals surface area contributed by atoms with Gasteiger partial charge in [0.05, 0.1) is 42.7 Å². The van der Waals surface area contributed by atoms with Gasteiger partial charge in [-0.25, -0.2) is 14.4 Å². The van der Waals surface area contributed by atoms with E-state index >= 15 is 0 Å². The van der Waals surface area contributed by atoms with Crippen LogP contribution in [0.15, 0.2) is 91.0 Å². The Kier molecular flexibility index (Phi) is 35.6. The number of carboxylic acid groups (broad SMARTS) is 1. The number of ether oxygens (including phenoxy) is 3. The lowest BCUT2D eigenvalue weighted by Gasteiger charge is -2.41. The summed E-state index contributed by atoms with van der Waals surface area (Å²) >= 11 is 0. The van der Waals surface area contributed by atoms with Crippen molar-refractivity contribution in [3.63, 3.8) is 0 Å². The van der Waals surface area contributed by atoms with Gasteiger partial charge in [0, 0.05) is 84.3 Å². The lowest BCUT2D eigenvalue weighted by Crippen LogP contribution is -2.60. The number of anilines is 2. The van der Waals surface area contributed by atoms with Crippen LogP contribution in [0.2, 0.25) is 0 Å². The molecule has 5 rings (SSSR count). The summed E-state index contributed by atoms with van der Waals surface area (Å²) in [6, 6.07) is 16.5. The number of nitrogens with zero attached hydrogens (tertiary/aromatic N) is 4. The highest BCUT2D eigenvalue weighted by Crippen LogP contribution is 2.31. The van der Waals surface area contributed by atoms with Crippen LogP contribution in [-0.4, -0.2) is 200 Å². The number of unbranched alkanes of at least 4 members (excludes halogenated alkanes) is 2. The molecule has 0 radical (unpaired) electrons. The number of primary amides is 1. The number of nitrogens with two attached hydrogens (primary N) is 1. The summed E-state index contributed by atoms with van der Waals surface area (Å²) in [7, 11) is 6.27. The monoisotopic (exact) mass is 1460 g/mol. The molecular weight excluding hydrogens is 1350 g/mol. The molecule has 0 aliphatic carbocycles. The van der Waals surface area contributed by atoms with E-state index in [2.05, 4.69) is 37.2 Å². The van der Waals surface area contributed by atoms with E-state index in [1.807, 2.05) is 71.9 Å². The number of imide groups is 1. The second-order valence-electron chi connectivity index (χ2n) is 28.4. The topological polar surface area (TPSA) is 376 Å². The van der Waals surface area contributed by atoms with Crippen molar-refractivity contribution in [2.45, 2.75) is 207 Å². The average molecular weight is 1460 g/mol. The summed E-state index contributed by atoms with van der Waals surface area (Å²) in [4.78, 5) is 164. The number of methoxy groups -OCH3 is 2. The number of likely N-dealkylation sites (tertiary alicyclic amines) is 1. The van der Waals surface area contributed by atoms with Gasteiger partial charge in [0.1, 0.15) is 30.8 Å². The molecule has 11 atom stereocenters. The maximum atomic E-state index is 14.8. The zero-order chi connectivity index (χ0) is 77.6. The van der Waals surface area contributed by atoms with Crippen LogP contribution >= 0.6 is 0 Å². The molecule has 1 saturated heterocycles. The van der Waals surface area contributed by atoms with E-state index in [9.17, 15) is 62.6 Å². The molecule has 0 aromatic heterocycles. The number of benzene rings is 3. The number of rotatable bonds is 44. The molecule has 3 aromatic carbocycles. The molecule has 0 bridgehead atoms. The third-order valence-corrected chi connectivity index (χ3v) is 19.6. The minimum absolute atomic E-state index is 0.0811.